The van der Waals surface area contributed by atoms with Crippen molar-refractivity contribution in [2.75, 3.05) is 13.2 Å². The van der Waals surface area contributed by atoms with Gasteiger partial charge < -0.3 is 13.9 Å². The van der Waals surface area contributed by atoms with Crippen molar-refractivity contribution in [1.29, 1.82) is 0 Å². The molecule has 0 aliphatic carbocycles. The largest absolute Gasteiger partial charge is 0.491 e. The number of nitrogens with zero attached hydrogens (tertiary/aromatic N) is 3. The van der Waals surface area contributed by atoms with E-state index >= 15 is 0 Å². The average molecular weight is 387 g/mol. The molecule has 10 nitrogen and oxygen atoms in total. The number of benzene rings is 1. The molecule has 0 aliphatic rings. The fourth-order valence-corrected chi connectivity index (χ4v) is 2.69. The van der Waals surface area contributed by atoms with Crippen molar-refractivity contribution < 1.29 is 23.6 Å². The molecule has 0 unspecified atom stereocenters. The molecule has 3 aromatic rings. The first kappa shape index (κ1) is 19.1. The Balaban J connectivity index is 1.82. The van der Waals surface area contributed by atoms with Gasteiger partial charge in [-0.25, -0.2) is 9.78 Å². The minimum atomic E-state index is -0.650. The number of ether oxygens (including phenoxy) is 2. The van der Waals surface area contributed by atoms with Gasteiger partial charge in [-0.3, -0.25) is 19.5 Å². The summed E-state index contributed by atoms with van der Waals surface area (Å²) in [5.74, 6) is -0.0884. The lowest BCUT2D eigenvalue weighted by molar-refractivity contribution is -0.384. The minimum Gasteiger partial charge on any atom is -0.491 e. The highest BCUT2D eigenvalue weighted by atomic mass is 16.6. The number of carbonyl (C=O) groups is 1. The van der Waals surface area contributed by atoms with Crippen LogP contribution in [0.4, 0.5) is 5.69 Å². The molecule has 0 saturated carbocycles. The normalized spacial score (nSPS) is 10.8. The molecule has 0 amide bonds. The van der Waals surface area contributed by atoms with Crippen molar-refractivity contribution in [1.82, 2.24) is 9.55 Å². The highest BCUT2D eigenvalue weighted by molar-refractivity contribution is 6.03. The number of rotatable bonds is 7. The third-order valence-electron chi connectivity index (χ3n) is 3.96. The van der Waals surface area contributed by atoms with Gasteiger partial charge in [0.25, 0.3) is 11.2 Å². The second-order valence-corrected chi connectivity index (χ2v) is 5.78. The molecule has 10 heteroatoms. The SMILES string of the molecule is CCOC(=O)c1c(C)oc2ncn(CCOc3cccc([N+](=O)[O-])c3)c(=O)c12. The number of nitro benzene ring substituents is 1. The van der Waals surface area contributed by atoms with Crippen LogP contribution < -0.4 is 10.3 Å². The summed E-state index contributed by atoms with van der Waals surface area (Å²) in [6, 6.07) is 5.73. The number of fused-ring (bicyclic) bond motifs is 1. The Hall–Kier alpha value is -3.69. The molecule has 28 heavy (non-hydrogen) atoms. The van der Waals surface area contributed by atoms with Crippen LogP contribution in [-0.4, -0.2) is 33.7 Å². The molecule has 0 saturated heterocycles. The second-order valence-electron chi connectivity index (χ2n) is 5.78. The standard InChI is InChI=1S/C18H17N3O7/c1-3-26-18(23)14-11(2)28-16-15(14)17(22)20(10-19-16)7-8-27-13-6-4-5-12(9-13)21(24)25/h4-6,9-10H,3,7-8H2,1-2H3. The predicted octanol–water partition coefficient (Wildman–Crippen LogP) is 2.46. The molecule has 0 fully saturated rings. The molecular formula is C18H17N3O7. The van der Waals surface area contributed by atoms with E-state index < -0.39 is 16.5 Å². The summed E-state index contributed by atoms with van der Waals surface area (Å²) in [6.45, 7) is 3.58. The van der Waals surface area contributed by atoms with Gasteiger partial charge in [-0.05, 0) is 19.9 Å². The summed E-state index contributed by atoms with van der Waals surface area (Å²) >= 11 is 0. The van der Waals surface area contributed by atoms with E-state index in [0.717, 1.165) is 0 Å². The fraction of sp³-hybridized carbons (Fsp3) is 0.278. The van der Waals surface area contributed by atoms with Gasteiger partial charge in [0.1, 0.15) is 35.4 Å². The summed E-state index contributed by atoms with van der Waals surface area (Å²) in [5, 5.41) is 10.9. The van der Waals surface area contributed by atoms with E-state index in [0.29, 0.717) is 5.75 Å². The van der Waals surface area contributed by atoms with Crippen LogP contribution in [0, 0.1) is 17.0 Å². The fourth-order valence-electron chi connectivity index (χ4n) is 2.69. The molecule has 1 aromatic carbocycles. The summed E-state index contributed by atoms with van der Waals surface area (Å²) < 4.78 is 17.1. The van der Waals surface area contributed by atoms with Crippen LogP contribution in [-0.2, 0) is 11.3 Å². The monoisotopic (exact) mass is 387 g/mol. The van der Waals surface area contributed by atoms with E-state index in [1.54, 1.807) is 19.9 Å². The van der Waals surface area contributed by atoms with Gasteiger partial charge >= 0.3 is 5.97 Å². The van der Waals surface area contributed by atoms with Crippen molar-refractivity contribution in [2.24, 2.45) is 0 Å². The van der Waals surface area contributed by atoms with Crippen molar-refractivity contribution in [3.63, 3.8) is 0 Å². The maximum atomic E-state index is 12.8. The van der Waals surface area contributed by atoms with Crippen LogP contribution >= 0.6 is 0 Å². The molecule has 0 radical (unpaired) electrons. The van der Waals surface area contributed by atoms with E-state index in [1.807, 2.05) is 0 Å². The van der Waals surface area contributed by atoms with Gasteiger partial charge in [-0.2, -0.15) is 0 Å². The smallest absolute Gasteiger partial charge is 0.342 e. The van der Waals surface area contributed by atoms with Crippen molar-refractivity contribution >= 4 is 22.8 Å². The van der Waals surface area contributed by atoms with Gasteiger partial charge in [0.15, 0.2) is 0 Å². The number of nitro groups is 1. The third kappa shape index (κ3) is 3.70. The topological polar surface area (TPSA) is 127 Å². The number of aryl methyl sites for hydroxylation is 1. The quantitative estimate of drug-likeness (QED) is 0.344. The van der Waals surface area contributed by atoms with Gasteiger partial charge in [0.05, 0.1) is 24.1 Å². The molecule has 2 heterocycles. The number of esters is 1. The summed E-state index contributed by atoms with van der Waals surface area (Å²) in [5.41, 5.74) is -0.442. The van der Waals surface area contributed by atoms with Crippen LogP contribution in [0.15, 0.2) is 39.8 Å². The van der Waals surface area contributed by atoms with Gasteiger partial charge in [0.2, 0.25) is 5.71 Å². The highest BCUT2D eigenvalue weighted by Gasteiger charge is 2.23. The highest BCUT2D eigenvalue weighted by Crippen LogP contribution is 2.22. The first-order valence-electron chi connectivity index (χ1n) is 8.45. The molecule has 146 valence electrons. The maximum Gasteiger partial charge on any atom is 0.342 e. The Kier molecular flexibility index (Phi) is 5.39. The van der Waals surface area contributed by atoms with Crippen molar-refractivity contribution in [3.8, 4) is 5.75 Å². The number of aromatic nitrogens is 2. The first-order valence-corrected chi connectivity index (χ1v) is 8.45. The van der Waals surface area contributed by atoms with E-state index in [2.05, 4.69) is 4.98 Å². The average Bonchev–Trinajstić information content (AvgIpc) is 3.01. The van der Waals surface area contributed by atoms with Crippen LogP contribution in [0.2, 0.25) is 0 Å². The molecule has 2 aromatic heterocycles. The predicted molar refractivity (Wildman–Crippen MR) is 97.6 cm³/mol. The number of hydrogen-bond acceptors (Lipinski definition) is 8. The first-order chi connectivity index (χ1) is 13.4. The molecule has 0 N–H and O–H groups in total. The lowest BCUT2D eigenvalue weighted by atomic mass is 10.2. The zero-order chi connectivity index (χ0) is 20.3. The Morgan fingerprint density at radius 1 is 1.39 bits per heavy atom. The van der Waals surface area contributed by atoms with Crippen molar-refractivity contribution in [3.05, 3.63) is 62.4 Å². The molecular weight excluding hydrogens is 370 g/mol. The maximum absolute atomic E-state index is 12.8. The number of hydrogen-bond donors (Lipinski definition) is 0. The summed E-state index contributed by atoms with van der Waals surface area (Å²) in [6.07, 6.45) is 1.29. The van der Waals surface area contributed by atoms with Gasteiger partial charge in [-0.1, -0.05) is 6.07 Å². The molecule has 0 atom stereocenters. The number of furan rings is 1. The molecule has 3 rings (SSSR count). The number of carbonyl (C=O) groups excluding carboxylic acids is 1. The van der Waals surface area contributed by atoms with Crippen LogP contribution in [0.5, 0.6) is 5.75 Å². The van der Waals surface area contributed by atoms with Gasteiger partial charge in [0, 0.05) is 6.07 Å². The van der Waals surface area contributed by atoms with Crippen LogP contribution in [0.3, 0.4) is 0 Å². The van der Waals surface area contributed by atoms with Crippen molar-refractivity contribution in [2.45, 2.75) is 20.4 Å². The lowest BCUT2D eigenvalue weighted by Gasteiger charge is -2.08. The molecule has 0 bridgehead atoms. The van der Waals surface area contributed by atoms with E-state index in [1.165, 1.54) is 29.1 Å². The summed E-state index contributed by atoms with van der Waals surface area (Å²) in [4.78, 5) is 39.3. The van der Waals surface area contributed by atoms with Crippen LogP contribution in [0.25, 0.3) is 11.1 Å². The number of non-ortho nitro benzene ring substituents is 1. The van der Waals surface area contributed by atoms with Gasteiger partial charge in [-0.15, -0.1) is 0 Å². The Morgan fingerprint density at radius 2 is 2.18 bits per heavy atom. The van der Waals surface area contributed by atoms with E-state index in [4.69, 9.17) is 13.9 Å². The Bertz CT molecular complexity index is 1100. The lowest BCUT2D eigenvalue weighted by Crippen LogP contribution is -2.24. The Labute approximate surface area is 158 Å². The zero-order valence-corrected chi connectivity index (χ0v) is 15.2. The molecule has 0 aliphatic heterocycles. The van der Waals surface area contributed by atoms with Crippen LogP contribution in [0.1, 0.15) is 23.0 Å². The summed E-state index contributed by atoms with van der Waals surface area (Å²) in [7, 11) is 0. The minimum absolute atomic E-state index is 0.0498. The van der Waals surface area contributed by atoms with E-state index in [9.17, 15) is 19.7 Å². The van der Waals surface area contributed by atoms with E-state index in [-0.39, 0.29) is 47.9 Å². The third-order valence-corrected chi connectivity index (χ3v) is 3.96. The molecule has 0 spiro atoms. The zero-order valence-electron chi connectivity index (χ0n) is 15.2. The Morgan fingerprint density at radius 3 is 2.89 bits per heavy atom. The second kappa shape index (κ2) is 7.91.